The Morgan fingerprint density at radius 3 is 2.71 bits per heavy atom. The second-order valence-corrected chi connectivity index (χ2v) is 5.26. The lowest BCUT2D eigenvalue weighted by atomic mass is 10.2. The van der Waals surface area contributed by atoms with Crippen molar-refractivity contribution in [3.8, 4) is 5.00 Å². The summed E-state index contributed by atoms with van der Waals surface area (Å²) in [5.41, 5.74) is 1.44. The van der Waals surface area contributed by atoms with Crippen molar-refractivity contribution in [3.05, 3.63) is 41.5 Å². The van der Waals surface area contributed by atoms with Gasteiger partial charge in [0, 0.05) is 50.7 Å². The highest BCUT2D eigenvalue weighted by Gasteiger charge is 2.13. The van der Waals surface area contributed by atoms with Crippen LogP contribution in [0.3, 0.4) is 0 Å². The van der Waals surface area contributed by atoms with Crippen LogP contribution in [0.25, 0.3) is 5.00 Å². The average molecular weight is 247 g/mol. The van der Waals surface area contributed by atoms with Gasteiger partial charge in [0.2, 0.25) is 0 Å². The summed E-state index contributed by atoms with van der Waals surface area (Å²) < 4.78 is 2.21. The van der Waals surface area contributed by atoms with E-state index in [0.717, 1.165) is 32.7 Å². The molecule has 1 aliphatic heterocycles. The first-order valence-electron chi connectivity index (χ1n) is 6.06. The molecule has 0 unspecified atom stereocenters. The molecule has 90 valence electrons. The van der Waals surface area contributed by atoms with Gasteiger partial charge in [0.1, 0.15) is 5.00 Å². The number of hydrogen-bond acceptors (Lipinski definition) is 3. The number of nitrogens with zero attached hydrogens (tertiary/aromatic N) is 2. The van der Waals surface area contributed by atoms with Gasteiger partial charge in [-0.2, -0.15) is 0 Å². The molecule has 0 spiro atoms. The van der Waals surface area contributed by atoms with Gasteiger partial charge in [0.15, 0.2) is 0 Å². The Labute approximate surface area is 106 Å². The van der Waals surface area contributed by atoms with Crippen LogP contribution < -0.4 is 5.32 Å². The molecule has 1 aliphatic rings. The van der Waals surface area contributed by atoms with Gasteiger partial charge in [0.25, 0.3) is 0 Å². The van der Waals surface area contributed by atoms with Crippen molar-refractivity contribution >= 4 is 11.3 Å². The molecule has 0 bridgehead atoms. The third-order valence-corrected chi connectivity index (χ3v) is 4.13. The summed E-state index contributed by atoms with van der Waals surface area (Å²) in [6.45, 7) is 5.60. The molecule has 4 heteroatoms. The largest absolute Gasteiger partial charge is 0.315 e. The van der Waals surface area contributed by atoms with Gasteiger partial charge < -0.3 is 9.88 Å². The second kappa shape index (κ2) is 5.04. The van der Waals surface area contributed by atoms with E-state index < -0.39 is 0 Å². The van der Waals surface area contributed by atoms with Crippen LogP contribution in [0.4, 0.5) is 0 Å². The van der Waals surface area contributed by atoms with Crippen LogP contribution in [0.2, 0.25) is 0 Å². The zero-order chi connectivity index (χ0) is 11.5. The number of nitrogens with one attached hydrogen (secondary N) is 1. The SMILES string of the molecule is c1ccn(-c2sccc2CN2CCNCC2)c1. The van der Waals surface area contributed by atoms with Gasteiger partial charge >= 0.3 is 0 Å². The maximum atomic E-state index is 3.39. The molecular weight excluding hydrogens is 230 g/mol. The fraction of sp³-hybridized carbons (Fsp3) is 0.385. The van der Waals surface area contributed by atoms with Crippen LogP contribution in [-0.2, 0) is 6.54 Å². The number of thiophene rings is 1. The Balaban J connectivity index is 1.77. The fourth-order valence-corrected chi connectivity index (χ4v) is 3.14. The molecule has 2 aromatic heterocycles. The van der Waals surface area contributed by atoms with E-state index in [4.69, 9.17) is 0 Å². The van der Waals surface area contributed by atoms with Crippen molar-refractivity contribution in [2.45, 2.75) is 6.54 Å². The first kappa shape index (κ1) is 11.0. The van der Waals surface area contributed by atoms with Crippen LogP contribution in [-0.4, -0.2) is 35.6 Å². The summed E-state index contributed by atoms with van der Waals surface area (Å²) in [6, 6.07) is 6.41. The summed E-state index contributed by atoms with van der Waals surface area (Å²) in [6.07, 6.45) is 4.24. The molecule has 0 aliphatic carbocycles. The Morgan fingerprint density at radius 2 is 1.94 bits per heavy atom. The first-order chi connectivity index (χ1) is 8.43. The highest BCUT2D eigenvalue weighted by atomic mass is 32.1. The van der Waals surface area contributed by atoms with Gasteiger partial charge in [-0.05, 0) is 23.6 Å². The van der Waals surface area contributed by atoms with E-state index in [1.165, 1.54) is 10.6 Å². The molecule has 0 aromatic carbocycles. The van der Waals surface area contributed by atoms with E-state index in [1.54, 1.807) is 0 Å². The van der Waals surface area contributed by atoms with Gasteiger partial charge in [-0.25, -0.2) is 0 Å². The molecule has 0 radical (unpaired) electrons. The molecule has 0 saturated carbocycles. The molecule has 3 nitrogen and oxygen atoms in total. The van der Waals surface area contributed by atoms with Gasteiger partial charge in [-0.1, -0.05) is 0 Å². The second-order valence-electron chi connectivity index (χ2n) is 4.37. The number of hydrogen-bond donors (Lipinski definition) is 1. The normalized spacial score (nSPS) is 17.4. The molecule has 0 amide bonds. The topological polar surface area (TPSA) is 20.2 Å². The smallest absolute Gasteiger partial charge is 0.103 e. The summed E-state index contributed by atoms with van der Waals surface area (Å²) >= 11 is 1.82. The zero-order valence-corrected chi connectivity index (χ0v) is 10.6. The Kier molecular flexibility index (Phi) is 3.27. The third-order valence-electron chi connectivity index (χ3n) is 3.17. The first-order valence-corrected chi connectivity index (χ1v) is 6.94. The van der Waals surface area contributed by atoms with Crippen molar-refractivity contribution in [1.82, 2.24) is 14.8 Å². The average Bonchev–Trinajstić information content (AvgIpc) is 3.00. The molecule has 3 rings (SSSR count). The minimum atomic E-state index is 1.07. The predicted octanol–water partition coefficient (Wildman–Crippen LogP) is 1.94. The van der Waals surface area contributed by atoms with Crippen LogP contribution in [0.1, 0.15) is 5.56 Å². The van der Waals surface area contributed by atoms with Crippen molar-refractivity contribution < 1.29 is 0 Å². The molecule has 0 atom stereocenters. The molecular formula is C13H17N3S. The predicted molar refractivity (Wildman–Crippen MR) is 71.8 cm³/mol. The maximum absolute atomic E-state index is 3.39. The third kappa shape index (κ3) is 2.44. The summed E-state index contributed by atoms with van der Waals surface area (Å²) in [7, 11) is 0. The van der Waals surface area contributed by atoms with Crippen LogP contribution in [0.15, 0.2) is 36.0 Å². The van der Waals surface area contributed by atoms with E-state index in [2.05, 4.69) is 50.8 Å². The van der Waals surface area contributed by atoms with Crippen molar-refractivity contribution in [2.24, 2.45) is 0 Å². The van der Waals surface area contributed by atoms with Crippen LogP contribution >= 0.6 is 11.3 Å². The molecule has 17 heavy (non-hydrogen) atoms. The summed E-state index contributed by atoms with van der Waals surface area (Å²) in [5, 5.41) is 6.93. The monoisotopic (exact) mass is 247 g/mol. The van der Waals surface area contributed by atoms with E-state index >= 15 is 0 Å². The molecule has 1 N–H and O–H groups in total. The van der Waals surface area contributed by atoms with Crippen LogP contribution in [0, 0.1) is 0 Å². The minimum absolute atomic E-state index is 1.07. The van der Waals surface area contributed by atoms with E-state index in [1.807, 2.05) is 11.3 Å². The molecule has 1 fully saturated rings. The molecule has 1 saturated heterocycles. The Hall–Kier alpha value is -1.10. The van der Waals surface area contributed by atoms with E-state index in [9.17, 15) is 0 Å². The van der Waals surface area contributed by atoms with E-state index in [0.29, 0.717) is 0 Å². The lowest BCUT2D eigenvalue weighted by molar-refractivity contribution is 0.233. The Morgan fingerprint density at radius 1 is 1.18 bits per heavy atom. The van der Waals surface area contributed by atoms with Crippen molar-refractivity contribution in [3.63, 3.8) is 0 Å². The lowest BCUT2D eigenvalue weighted by Gasteiger charge is -2.27. The number of aromatic nitrogens is 1. The summed E-state index contributed by atoms with van der Waals surface area (Å²) in [4.78, 5) is 2.52. The quantitative estimate of drug-likeness (QED) is 0.894. The zero-order valence-electron chi connectivity index (χ0n) is 9.80. The standard InChI is InChI=1S/C13H17N3S/c1-2-7-16(6-1)13-12(3-10-17-13)11-15-8-4-14-5-9-15/h1-3,6-7,10,14H,4-5,8-9,11H2. The van der Waals surface area contributed by atoms with Gasteiger partial charge in [0.05, 0.1) is 0 Å². The highest BCUT2D eigenvalue weighted by Crippen LogP contribution is 2.23. The lowest BCUT2D eigenvalue weighted by Crippen LogP contribution is -2.42. The van der Waals surface area contributed by atoms with Crippen LogP contribution in [0.5, 0.6) is 0 Å². The number of piperazine rings is 1. The van der Waals surface area contributed by atoms with Gasteiger partial charge in [-0.3, -0.25) is 4.90 Å². The summed E-state index contributed by atoms with van der Waals surface area (Å²) in [5.74, 6) is 0. The van der Waals surface area contributed by atoms with E-state index in [-0.39, 0.29) is 0 Å². The fourth-order valence-electron chi connectivity index (χ4n) is 2.25. The Bertz CT molecular complexity index is 455. The number of rotatable bonds is 3. The minimum Gasteiger partial charge on any atom is -0.315 e. The molecule has 2 aromatic rings. The van der Waals surface area contributed by atoms with Crippen molar-refractivity contribution in [1.29, 1.82) is 0 Å². The van der Waals surface area contributed by atoms with Gasteiger partial charge in [-0.15, -0.1) is 11.3 Å². The molecule has 3 heterocycles. The maximum Gasteiger partial charge on any atom is 0.103 e. The van der Waals surface area contributed by atoms with Crippen molar-refractivity contribution in [2.75, 3.05) is 26.2 Å². The highest BCUT2D eigenvalue weighted by molar-refractivity contribution is 7.12.